The Kier molecular flexibility index (Phi) is 3.02. The van der Waals surface area contributed by atoms with Gasteiger partial charge in [-0.3, -0.25) is 0 Å². The van der Waals surface area contributed by atoms with Gasteiger partial charge in [0.15, 0.2) is 0 Å². The molecule has 16 heavy (non-hydrogen) atoms. The van der Waals surface area contributed by atoms with Crippen LogP contribution in [0.5, 0.6) is 0 Å². The molecule has 1 aliphatic rings. The number of aryl methyl sites for hydroxylation is 1. The van der Waals surface area contributed by atoms with Crippen LogP contribution in [0.2, 0.25) is 0 Å². The van der Waals surface area contributed by atoms with E-state index in [9.17, 15) is 4.39 Å². The second-order valence-corrected chi connectivity index (χ2v) is 5.41. The van der Waals surface area contributed by atoms with Crippen molar-refractivity contribution in [1.29, 1.82) is 0 Å². The van der Waals surface area contributed by atoms with Gasteiger partial charge < -0.3 is 5.73 Å². The van der Waals surface area contributed by atoms with E-state index in [1.165, 1.54) is 0 Å². The molecule has 88 valence electrons. The number of hydrogen-bond donors (Lipinski definition) is 1. The summed E-state index contributed by atoms with van der Waals surface area (Å²) in [5.74, 6) is 0.255. The molecule has 2 N–H and O–H groups in total. The lowest BCUT2D eigenvalue weighted by Crippen LogP contribution is -2.22. The molecule has 0 heterocycles. The molecule has 2 rings (SSSR count). The number of hydrogen-bond acceptors (Lipinski definition) is 1. The first-order valence-corrected chi connectivity index (χ1v) is 6.07. The monoisotopic (exact) mass is 221 g/mol. The second-order valence-electron chi connectivity index (χ2n) is 5.41. The molecular formula is C14H20FN. The summed E-state index contributed by atoms with van der Waals surface area (Å²) in [5.41, 5.74) is 8.26. The third-order valence-corrected chi connectivity index (χ3v) is 3.45. The van der Waals surface area contributed by atoms with Crippen molar-refractivity contribution in [2.45, 2.75) is 51.0 Å². The van der Waals surface area contributed by atoms with Crippen LogP contribution in [0.1, 0.15) is 50.2 Å². The average molecular weight is 221 g/mol. The summed E-state index contributed by atoms with van der Waals surface area (Å²) in [7, 11) is 0. The number of nitrogens with two attached hydrogens (primary N) is 1. The van der Waals surface area contributed by atoms with Crippen LogP contribution in [0, 0.1) is 5.82 Å². The maximum atomic E-state index is 13.4. The van der Waals surface area contributed by atoms with Gasteiger partial charge in [-0.05, 0) is 54.9 Å². The number of rotatable bonds is 4. The van der Waals surface area contributed by atoms with E-state index < -0.39 is 0 Å². The van der Waals surface area contributed by atoms with Crippen molar-refractivity contribution in [3.05, 3.63) is 35.1 Å². The normalized spacial score (nSPS) is 17.8. The molecule has 2 heteroatoms. The summed E-state index contributed by atoms with van der Waals surface area (Å²) in [6.45, 7) is 4.17. The molecule has 0 bridgehead atoms. The highest BCUT2D eigenvalue weighted by Gasteiger charge is 2.37. The maximum Gasteiger partial charge on any atom is 0.123 e. The Balaban J connectivity index is 2.07. The zero-order valence-corrected chi connectivity index (χ0v) is 10.1. The first kappa shape index (κ1) is 11.6. The maximum absolute atomic E-state index is 13.4. The molecule has 1 aromatic carbocycles. The first-order chi connectivity index (χ1) is 7.48. The molecule has 0 aliphatic heterocycles. The fourth-order valence-corrected chi connectivity index (χ4v) is 1.96. The fourth-order valence-electron chi connectivity index (χ4n) is 1.96. The summed E-state index contributed by atoms with van der Waals surface area (Å²) in [6, 6.07) is 5.38. The third-order valence-electron chi connectivity index (χ3n) is 3.45. The molecule has 0 saturated heterocycles. The van der Waals surface area contributed by atoms with Gasteiger partial charge in [0.05, 0.1) is 0 Å². The van der Waals surface area contributed by atoms with Crippen molar-refractivity contribution in [2.24, 2.45) is 5.73 Å². The van der Waals surface area contributed by atoms with E-state index in [0.717, 1.165) is 36.8 Å². The van der Waals surface area contributed by atoms with E-state index in [1.807, 2.05) is 0 Å². The lowest BCUT2D eigenvalue weighted by atomic mass is 9.97. The third kappa shape index (κ3) is 2.82. The molecule has 1 saturated carbocycles. The van der Waals surface area contributed by atoms with Crippen molar-refractivity contribution < 1.29 is 4.39 Å². The van der Waals surface area contributed by atoms with Gasteiger partial charge in [-0.25, -0.2) is 4.39 Å². The molecule has 0 spiro atoms. The number of halogens is 1. The number of benzene rings is 1. The topological polar surface area (TPSA) is 26.0 Å². The Morgan fingerprint density at radius 2 is 2.00 bits per heavy atom. The van der Waals surface area contributed by atoms with Crippen LogP contribution < -0.4 is 5.73 Å². The van der Waals surface area contributed by atoms with Gasteiger partial charge in [0, 0.05) is 5.54 Å². The predicted octanol–water partition coefficient (Wildman–Crippen LogP) is 3.37. The van der Waals surface area contributed by atoms with Crippen LogP contribution in [0.15, 0.2) is 18.2 Å². The summed E-state index contributed by atoms with van der Waals surface area (Å²) in [5, 5.41) is 0. The fraction of sp³-hybridized carbons (Fsp3) is 0.571. The Bertz CT molecular complexity index is 380. The molecule has 0 unspecified atom stereocenters. The van der Waals surface area contributed by atoms with Crippen LogP contribution in [0.3, 0.4) is 0 Å². The SMILES string of the molecule is CC(C)c1cc(F)cc(CCC2(N)CC2)c1. The molecule has 1 nitrogen and oxygen atoms in total. The highest BCUT2D eigenvalue weighted by molar-refractivity contribution is 5.27. The molecule has 0 atom stereocenters. The summed E-state index contributed by atoms with van der Waals surface area (Å²) in [6.07, 6.45) is 4.13. The van der Waals surface area contributed by atoms with Crippen molar-refractivity contribution in [3.8, 4) is 0 Å². The zero-order chi connectivity index (χ0) is 11.8. The van der Waals surface area contributed by atoms with Gasteiger partial charge in [0.25, 0.3) is 0 Å². The van der Waals surface area contributed by atoms with Crippen molar-refractivity contribution in [2.75, 3.05) is 0 Å². The molecule has 0 amide bonds. The van der Waals surface area contributed by atoms with Gasteiger partial charge in [0.2, 0.25) is 0 Å². The van der Waals surface area contributed by atoms with Crippen molar-refractivity contribution in [1.82, 2.24) is 0 Å². The average Bonchev–Trinajstić information content (AvgIpc) is 2.94. The zero-order valence-electron chi connectivity index (χ0n) is 10.1. The van der Waals surface area contributed by atoms with Gasteiger partial charge in [-0.2, -0.15) is 0 Å². The Morgan fingerprint density at radius 3 is 2.56 bits per heavy atom. The molecule has 1 aromatic rings. The highest BCUT2D eigenvalue weighted by atomic mass is 19.1. The molecule has 0 aromatic heterocycles. The van der Waals surface area contributed by atoms with Gasteiger partial charge in [0.1, 0.15) is 5.82 Å². The van der Waals surface area contributed by atoms with Crippen molar-refractivity contribution >= 4 is 0 Å². The second kappa shape index (κ2) is 4.17. The molecule has 1 fully saturated rings. The minimum Gasteiger partial charge on any atom is -0.325 e. The van der Waals surface area contributed by atoms with Crippen molar-refractivity contribution in [3.63, 3.8) is 0 Å². The molecular weight excluding hydrogens is 201 g/mol. The Morgan fingerprint density at radius 1 is 1.31 bits per heavy atom. The summed E-state index contributed by atoms with van der Waals surface area (Å²) >= 11 is 0. The summed E-state index contributed by atoms with van der Waals surface area (Å²) < 4.78 is 13.4. The van der Waals surface area contributed by atoms with E-state index in [0.29, 0.717) is 5.92 Å². The summed E-state index contributed by atoms with van der Waals surface area (Å²) in [4.78, 5) is 0. The van der Waals surface area contributed by atoms with E-state index >= 15 is 0 Å². The van der Waals surface area contributed by atoms with Crippen LogP contribution in [-0.2, 0) is 6.42 Å². The minimum atomic E-state index is -0.122. The highest BCUT2D eigenvalue weighted by Crippen LogP contribution is 2.36. The van der Waals surface area contributed by atoms with E-state index in [2.05, 4.69) is 19.9 Å². The van der Waals surface area contributed by atoms with E-state index in [4.69, 9.17) is 5.73 Å². The van der Waals surface area contributed by atoms with Crippen LogP contribution in [0.25, 0.3) is 0 Å². The lowest BCUT2D eigenvalue weighted by Gasteiger charge is -2.11. The van der Waals surface area contributed by atoms with Crippen LogP contribution >= 0.6 is 0 Å². The van der Waals surface area contributed by atoms with Gasteiger partial charge in [-0.1, -0.05) is 19.9 Å². The largest absolute Gasteiger partial charge is 0.325 e. The first-order valence-electron chi connectivity index (χ1n) is 6.07. The molecule has 1 aliphatic carbocycles. The van der Waals surface area contributed by atoms with Crippen LogP contribution in [-0.4, -0.2) is 5.54 Å². The smallest absolute Gasteiger partial charge is 0.123 e. The van der Waals surface area contributed by atoms with Gasteiger partial charge in [-0.15, -0.1) is 0 Å². The Labute approximate surface area is 96.9 Å². The standard InChI is InChI=1S/C14H20FN/c1-10(2)12-7-11(8-13(15)9-12)3-4-14(16)5-6-14/h7-10H,3-6,16H2,1-2H3. The van der Waals surface area contributed by atoms with Crippen LogP contribution in [0.4, 0.5) is 4.39 Å². The quantitative estimate of drug-likeness (QED) is 0.828. The minimum absolute atomic E-state index is 0.0598. The van der Waals surface area contributed by atoms with Gasteiger partial charge >= 0.3 is 0 Å². The van der Waals surface area contributed by atoms with E-state index in [-0.39, 0.29) is 11.4 Å². The lowest BCUT2D eigenvalue weighted by molar-refractivity contribution is 0.597. The molecule has 0 radical (unpaired) electrons. The van der Waals surface area contributed by atoms with E-state index in [1.54, 1.807) is 12.1 Å². The predicted molar refractivity (Wildman–Crippen MR) is 65.0 cm³/mol. The Hall–Kier alpha value is -0.890.